The molecule has 0 spiro atoms. The fraction of sp³-hybridized carbons (Fsp3) is 0.143. The van der Waals surface area contributed by atoms with Gasteiger partial charge in [-0.25, -0.2) is 4.98 Å². The van der Waals surface area contributed by atoms with Gasteiger partial charge in [0.15, 0.2) is 0 Å². The van der Waals surface area contributed by atoms with E-state index in [0.717, 1.165) is 33.2 Å². The van der Waals surface area contributed by atoms with Crippen molar-refractivity contribution in [3.05, 3.63) is 66.0 Å². The van der Waals surface area contributed by atoms with E-state index in [9.17, 15) is 13.2 Å². The number of aromatic nitrogens is 2. The van der Waals surface area contributed by atoms with Crippen molar-refractivity contribution >= 4 is 28.0 Å². The highest BCUT2D eigenvalue weighted by Crippen LogP contribution is 2.30. The summed E-state index contributed by atoms with van der Waals surface area (Å²) in [5.41, 5.74) is 3.44. The van der Waals surface area contributed by atoms with Crippen LogP contribution in [0.3, 0.4) is 0 Å². The van der Waals surface area contributed by atoms with E-state index in [1.807, 2.05) is 41.8 Å². The van der Waals surface area contributed by atoms with Gasteiger partial charge in [-0.05, 0) is 54.3 Å². The maximum Gasteiger partial charge on any atom is 0.573 e. The molecule has 0 saturated carbocycles. The number of aliphatic imine (C=N–C) groups is 1. The van der Waals surface area contributed by atoms with Crippen LogP contribution < -0.4 is 4.74 Å². The van der Waals surface area contributed by atoms with Crippen LogP contribution in [-0.4, -0.2) is 29.2 Å². The van der Waals surface area contributed by atoms with Gasteiger partial charge in [0, 0.05) is 24.3 Å². The Morgan fingerprint density at radius 1 is 1.04 bits per heavy atom. The summed E-state index contributed by atoms with van der Waals surface area (Å²) in [7, 11) is 1.73. The minimum Gasteiger partial charge on any atom is -0.406 e. The molecule has 0 fully saturated rings. The Kier molecular flexibility index (Phi) is 4.30. The third-order valence-electron chi connectivity index (χ3n) is 4.44. The van der Waals surface area contributed by atoms with Gasteiger partial charge < -0.3 is 4.74 Å². The summed E-state index contributed by atoms with van der Waals surface area (Å²) in [6.45, 7) is 1.87. The molecule has 0 atom stereocenters. The normalized spacial score (nSPS) is 12.3. The van der Waals surface area contributed by atoms with E-state index in [-0.39, 0.29) is 5.75 Å². The first kappa shape index (κ1) is 18.0. The SMILES string of the molecule is C/N=C/c1ccc2c(ccc3c2nc(C)n3-c2ccc(OC(F)(F)F)cc2)c1. The minimum atomic E-state index is -4.71. The molecule has 0 unspecified atom stereocenters. The number of hydrogen-bond acceptors (Lipinski definition) is 3. The third kappa shape index (κ3) is 3.31. The van der Waals surface area contributed by atoms with Crippen LogP contribution in [0.4, 0.5) is 13.2 Å². The van der Waals surface area contributed by atoms with Gasteiger partial charge in [-0.15, -0.1) is 13.2 Å². The van der Waals surface area contributed by atoms with E-state index in [4.69, 9.17) is 4.98 Å². The zero-order chi connectivity index (χ0) is 19.9. The number of imidazole rings is 1. The van der Waals surface area contributed by atoms with Crippen molar-refractivity contribution in [2.24, 2.45) is 4.99 Å². The zero-order valence-electron chi connectivity index (χ0n) is 15.2. The van der Waals surface area contributed by atoms with Crippen LogP contribution >= 0.6 is 0 Å². The maximum atomic E-state index is 12.4. The van der Waals surface area contributed by atoms with Crippen LogP contribution in [0.1, 0.15) is 11.4 Å². The Bertz CT molecular complexity index is 1190. The maximum absolute atomic E-state index is 12.4. The molecular formula is C21H16F3N3O. The van der Waals surface area contributed by atoms with E-state index < -0.39 is 6.36 Å². The van der Waals surface area contributed by atoms with Crippen LogP contribution in [0.15, 0.2) is 59.6 Å². The molecule has 142 valence electrons. The average molecular weight is 383 g/mol. The minimum absolute atomic E-state index is 0.256. The molecular weight excluding hydrogens is 367 g/mol. The number of aryl methyl sites for hydroxylation is 1. The molecule has 3 aromatic carbocycles. The number of halogens is 3. The lowest BCUT2D eigenvalue weighted by atomic mass is 10.1. The number of nitrogens with zero attached hydrogens (tertiary/aromatic N) is 3. The van der Waals surface area contributed by atoms with Crippen molar-refractivity contribution in [1.29, 1.82) is 0 Å². The second-order valence-electron chi connectivity index (χ2n) is 6.34. The summed E-state index contributed by atoms with van der Waals surface area (Å²) >= 11 is 0. The Morgan fingerprint density at radius 3 is 2.46 bits per heavy atom. The van der Waals surface area contributed by atoms with Crippen molar-refractivity contribution in [3.63, 3.8) is 0 Å². The van der Waals surface area contributed by atoms with Crippen molar-refractivity contribution in [2.45, 2.75) is 13.3 Å². The second-order valence-corrected chi connectivity index (χ2v) is 6.34. The number of benzene rings is 3. The fourth-order valence-electron chi connectivity index (χ4n) is 3.36. The van der Waals surface area contributed by atoms with Gasteiger partial charge in [0.1, 0.15) is 11.6 Å². The van der Waals surface area contributed by atoms with Crippen molar-refractivity contribution in [1.82, 2.24) is 9.55 Å². The molecule has 0 saturated heterocycles. The van der Waals surface area contributed by atoms with Gasteiger partial charge in [0.05, 0.1) is 11.0 Å². The van der Waals surface area contributed by atoms with Crippen molar-refractivity contribution < 1.29 is 17.9 Å². The van der Waals surface area contributed by atoms with E-state index in [2.05, 4.69) is 9.73 Å². The summed E-state index contributed by atoms with van der Waals surface area (Å²) in [4.78, 5) is 8.73. The topological polar surface area (TPSA) is 39.4 Å². The molecule has 0 aliphatic rings. The van der Waals surface area contributed by atoms with E-state index >= 15 is 0 Å². The van der Waals surface area contributed by atoms with Gasteiger partial charge in [-0.1, -0.05) is 18.2 Å². The third-order valence-corrected chi connectivity index (χ3v) is 4.44. The van der Waals surface area contributed by atoms with E-state index in [1.54, 1.807) is 25.4 Å². The Balaban J connectivity index is 1.81. The summed E-state index contributed by atoms with van der Waals surface area (Å²) in [6, 6.07) is 15.8. The molecule has 0 radical (unpaired) electrons. The molecule has 0 aliphatic carbocycles. The van der Waals surface area contributed by atoms with Crippen LogP contribution in [0.5, 0.6) is 5.75 Å². The monoisotopic (exact) mass is 383 g/mol. The van der Waals surface area contributed by atoms with E-state index in [1.165, 1.54) is 12.1 Å². The van der Waals surface area contributed by atoms with Crippen molar-refractivity contribution in [2.75, 3.05) is 7.05 Å². The number of alkyl halides is 3. The van der Waals surface area contributed by atoms with Crippen LogP contribution in [0, 0.1) is 6.92 Å². The smallest absolute Gasteiger partial charge is 0.406 e. The number of rotatable bonds is 3. The first-order chi connectivity index (χ1) is 13.4. The van der Waals surface area contributed by atoms with Gasteiger partial charge in [0.25, 0.3) is 0 Å². The fourth-order valence-corrected chi connectivity index (χ4v) is 3.36. The number of fused-ring (bicyclic) bond motifs is 3. The molecule has 0 bridgehead atoms. The largest absolute Gasteiger partial charge is 0.573 e. The Hall–Kier alpha value is -3.35. The standard InChI is InChI=1S/C21H16F3N3O/c1-13-26-20-18-9-3-14(12-25-2)11-15(18)4-10-19(20)27(13)16-5-7-17(8-6-16)28-21(22,23)24/h3-12H,1-2H3/b25-12+. The lowest BCUT2D eigenvalue weighted by Crippen LogP contribution is -2.17. The first-order valence-electron chi connectivity index (χ1n) is 8.56. The van der Waals surface area contributed by atoms with Crippen molar-refractivity contribution in [3.8, 4) is 11.4 Å². The van der Waals surface area contributed by atoms with Gasteiger partial charge in [0.2, 0.25) is 0 Å². The molecule has 4 aromatic rings. The predicted molar refractivity (Wildman–Crippen MR) is 104 cm³/mol. The zero-order valence-corrected chi connectivity index (χ0v) is 15.2. The van der Waals surface area contributed by atoms with Crippen LogP contribution in [0.25, 0.3) is 27.5 Å². The quantitative estimate of drug-likeness (QED) is 0.442. The highest BCUT2D eigenvalue weighted by molar-refractivity contribution is 6.06. The molecule has 28 heavy (non-hydrogen) atoms. The number of hydrogen-bond donors (Lipinski definition) is 0. The molecule has 4 rings (SSSR count). The Morgan fingerprint density at radius 2 is 1.79 bits per heavy atom. The summed E-state index contributed by atoms with van der Waals surface area (Å²) in [5.74, 6) is 0.486. The average Bonchev–Trinajstić information content (AvgIpc) is 2.97. The highest BCUT2D eigenvalue weighted by atomic mass is 19.4. The Labute approximate surface area is 158 Å². The highest BCUT2D eigenvalue weighted by Gasteiger charge is 2.31. The number of ether oxygens (including phenoxy) is 1. The summed E-state index contributed by atoms with van der Waals surface area (Å²) < 4.78 is 43.0. The molecule has 0 amide bonds. The predicted octanol–water partition coefficient (Wildman–Crippen LogP) is 5.43. The van der Waals surface area contributed by atoms with Gasteiger partial charge in [-0.2, -0.15) is 0 Å². The molecule has 0 aliphatic heterocycles. The van der Waals surface area contributed by atoms with Crippen LogP contribution in [0.2, 0.25) is 0 Å². The van der Waals surface area contributed by atoms with Crippen LogP contribution in [-0.2, 0) is 0 Å². The molecule has 4 nitrogen and oxygen atoms in total. The first-order valence-corrected chi connectivity index (χ1v) is 8.56. The lowest BCUT2D eigenvalue weighted by molar-refractivity contribution is -0.274. The lowest BCUT2D eigenvalue weighted by Gasteiger charge is -2.11. The second kappa shape index (κ2) is 6.67. The molecule has 0 N–H and O–H groups in total. The van der Waals surface area contributed by atoms with Gasteiger partial charge in [-0.3, -0.25) is 9.56 Å². The summed E-state index contributed by atoms with van der Waals surface area (Å²) in [5, 5.41) is 2.05. The molecule has 1 aromatic heterocycles. The molecule has 1 heterocycles. The molecule has 7 heteroatoms. The summed E-state index contributed by atoms with van der Waals surface area (Å²) in [6.07, 6.45) is -2.92. The van der Waals surface area contributed by atoms with E-state index in [0.29, 0.717) is 5.69 Å². The van der Waals surface area contributed by atoms with Gasteiger partial charge >= 0.3 is 6.36 Å².